The molecule has 0 spiro atoms. The Bertz CT molecular complexity index is 581. The van der Waals surface area contributed by atoms with Crippen LogP contribution in [0.5, 0.6) is 0 Å². The third kappa shape index (κ3) is 2.92. The van der Waals surface area contributed by atoms with Gasteiger partial charge in [-0.3, -0.25) is 9.78 Å². The van der Waals surface area contributed by atoms with E-state index < -0.39 is 0 Å². The Labute approximate surface area is 114 Å². The number of halogens is 1. The van der Waals surface area contributed by atoms with Crippen LogP contribution in [0.4, 0.5) is 5.69 Å². The molecule has 1 amide bonds. The Kier molecular flexibility index (Phi) is 3.72. The first-order chi connectivity index (χ1) is 8.56. The van der Waals surface area contributed by atoms with Crippen molar-refractivity contribution in [1.82, 2.24) is 9.97 Å². The maximum atomic E-state index is 11.9. The molecule has 0 unspecified atom stereocenters. The number of carbonyl (C=O) groups excluding carboxylic acids is 1. The molecule has 2 aromatic rings. The molecule has 18 heavy (non-hydrogen) atoms. The predicted molar refractivity (Wildman–Crippen MR) is 73.6 cm³/mol. The van der Waals surface area contributed by atoms with Crippen molar-refractivity contribution >= 4 is 27.5 Å². The molecule has 0 bridgehead atoms. The van der Waals surface area contributed by atoms with Crippen LogP contribution in [0.2, 0.25) is 0 Å². The van der Waals surface area contributed by atoms with Gasteiger partial charge in [0, 0.05) is 11.9 Å². The number of nitrogens with one attached hydrogen (secondary N) is 1. The molecule has 92 valence electrons. The summed E-state index contributed by atoms with van der Waals surface area (Å²) in [5, 5.41) is 2.78. The lowest BCUT2D eigenvalue weighted by Gasteiger charge is -2.06. The van der Waals surface area contributed by atoms with Crippen LogP contribution >= 0.6 is 15.9 Å². The molecule has 0 aromatic carbocycles. The second kappa shape index (κ2) is 5.27. The van der Waals surface area contributed by atoms with Crippen LogP contribution in [0, 0.1) is 13.8 Å². The number of hydrogen-bond donors (Lipinski definition) is 1. The standard InChI is InChI=1S/C13H12BrN3O/c1-8-5-11(7-16-12(8)14)17-13(18)10-4-3-9(2)15-6-10/h3-7H,1-2H3,(H,17,18). The number of anilines is 1. The fourth-order valence-corrected chi connectivity index (χ4v) is 1.65. The minimum atomic E-state index is -0.189. The Morgan fingerprint density at radius 3 is 2.61 bits per heavy atom. The summed E-state index contributed by atoms with van der Waals surface area (Å²) in [7, 11) is 0. The van der Waals surface area contributed by atoms with Gasteiger partial charge in [0.15, 0.2) is 0 Å². The SMILES string of the molecule is Cc1ccc(C(=O)Nc2cnc(Br)c(C)c2)cn1. The Morgan fingerprint density at radius 1 is 1.22 bits per heavy atom. The summed E-state index contributed by atoms with van der Waals surface area (Å²) in [5.74, 6) is -0.189. The highest BCUT2D eigenvalue weighted by atomic mass is 79.9. The van der Waals surface area contributed by atoms with Gasteiger partial charge in [-0.25, -0.2) is 4.98 Å². The van der Waals surface area contributed by atoms with Crippen molar-refractivity contribution in [3.8, 4) is 0 Å². The lowest BCUT2D eigenvalue weighted by Crippen LogP contribution is -2.12. The van der Waals surface area contributed by atoms with Gasteiger partial charge in [-0.15, -0.1) is 0 Å². The topological polar surface area (TPSA) is 54.9 Å². The summed E-state index contributed by atoms with van der Waals surface area (Å²) >= 11 is 3.31. The van der Waals surface area contributed by atoms with Crippen molar-refractivity contribution in [3.63, 3.8) is 0 Å². The molecule has 0 atom stereocenters. The maximum Gasteiger partial charge on any atom is 0.257 e. The average molecular weight is 306 g/mol. The lowest BCUT2D eigenvalue weighted by molar-refractivity contribution is 0.102. The van der Waals surface area contributed by atoms with E-state index >= 15 is 0 Å². The molecule has 0 aliphatic rings. The number of hydrogen-bond acceptors (Lipinski definition) is 3. The van der Waals surface area contributed by atoms with Crippen molar-refractivity contribution in [2.45, 2.75) is 13.8 Å². The normalized spacial score (nSPS) is 10.2. The van der Waals surface area contributed by atoms with Gasteiger partial charge < -0.3 is 5.32 Å². The highest BCUT2D eigenvalue weighted by molar-refractivity contribution is 9.10. The van der Waals surface area contributed by atoms with E-state index in [1.54, 1.807) is 24.5 Å². The van der Waals surface area contributed by atoms with E-state index in [0.29, 0.717) is 11.3 Å². The monoisotopic (exact) mass is 305 g/mol. The van der Waals surface area contributed by atoms with Crippen LogP contribution in [-0.2, 0) is 0 Å². The number of nitrogens with zero attached hydrogens (tertiary/aromatic N) is 2. The summed E-state index contributed by atoms with van der Waals surface area (Å²) in [5.41, 5.74) is 3.05. The molecule has 0 saturated heterocycles. The molecule has 0 radical (unpaired) electrons. The molecule has 5 heteroatoms. The van der Waals surface area contributed by atoms with Crippen molar-refractivity contribution < 1.29 is 4.79 Å². The molecular weight excluding hydrogens is 294 g/mol. The van der Waals surface area contributed by atoms with Crippen LogP contribution in [0.1, 0.15) is 21.6 Å². The van der Waals surface area contributed by atoms with E-state index in [9.17, 15) is 4.79 Å². The maximum absolute atomic E-state index is 11.9. The Balaban J connectivity index is 2.16. The molecule has 2 aromatic heterocycles. The first-order valence-corrected chi connectivity index (χ1v) is 6.22. The lowest BCUT2D eigenvalue weighted by atomic mass is 10.2. The summed E-state index contributed by atoms with van der Waals surface area (Å²) in [6.07, 6.45) is 3.17. The number of rotatable bonds is 2. The second-order valence-corrected chi connectivity index (χ2v) is 4.73. The fourth-order valence-electron chi connectivity index (χ4n) is 1.43. The number of carbonyl (C=O) groups is 1. The van der Waals surface area contributed by atoms with E-state index in [2.05, 4.69) is 31.2 Å². The zero-order valence-corrected chi connectivity index (χ0v) is 11.7. The van der Waals surface area contributed by atoms with Crippen molar-refractivity contribution in [3.05, 3.63) is 52.0 Å². The number of amides is 1. The molecular formula is C13H12BrN3O. The van der Waals surface area contributed by atoms with Crippen molar-refractivity contribution in [1.29, 1.82) is 0 Å². The third-order valence-corrected chi connectivity index (χ3v) is 3.28. The highest BCUT2D eigenvalue weighted by Gasteiger charge is 2.07. The average Bonchev–Trinajstić information content (AvgIpc) is 2.34. The van der Waals surface area contributed by atoms with Gasteiger partial charge in [-0.05, 0) is 53.5 Å². The summed E-state index contributed by atoms with van der Waals surface area (Å²) in [4.78, 5) is 20.1. The van der Waals surface area contributed by atoms with Crippen LogP contribution in [0.15, 0.2) is 35.2 Å². The largest absolute Gasteiger partial charge is 0.321 e. The third-order valence-electron chi connectivity index (χ3n) is 2.45. The van der Waals surface area contributed by atoms with Crippen LogP contribution in [0.3, 0.4) is 0 Å². The predicted octanol–water partition coefficient (Wildman–Crippen LogP) is 3.11. The molecule has 4 nitrogen and oxygen atoms in total. The minimum Gasteiger partial charge on any atom is -0.321 e. The quantitative estimate of drug-likeness (QED) is 0.867. The number of aryl methyl sites for hydroxylation is 2. The van der Waals surface area contributed by atoms with Gasteiger partial charge in [0.25, 0.3) is 5.91 Å². The summed E-state index contributed by atoms with van der Waals surface area (Å²) in [6.45, 7) is 3.80. The molecule has 0 saturated carbocycles. The molecule has 0 aliphatic carbocycles. The Hall–Kier alpha value is -1.75. The second-order valence-electron chi connectivity index (χ2n) is 3.97. The van der Waals surface area contributed by atoms with Gasteiger partial charge in [-0.1, -0.05) is 0 Å². The number of pyridine rings is 2. The van der Waals surface area contributed by atoms with E-state index in [-0.39, 0.29) is 5.91 Å². The van der Waals surface area contributed by atoms with Crippen molar-refractivity contribution in [2.75, 3.05) is 5.32 Å². The van der Waals surface area contributed by atoms with E-state index in [1.807, 2.05) is 19.9 Å². The fraction of sp³-hybridized carbons (Fsp3) is 0.154. The first kappa shape index (κ1) is 12.7. The van der Waals surface area contributed by atoms with Gasteiger partial charge in [0.2, 0.25) is 0 Å². The van der Waals surface area contributed by atoms with E-state index in [0.717, 1.165) is 15.9 Å². The van der Waals surface area contributed by atoms with Crippen LogP contribution in [-0.4, -0.2) is 15.9 Å². The molecule has 2 heterocycles. The number of aromatic nitrogens is 2. The molecule has 2 rings (SSSR count). The highest BCUT2D eigenvalue weighted by Crippen LogP contribution is 2.17. The van der Waals surface area contributed by atoms with Crippen LogP contribution in [0.25, 0.3) is 0 Å². The minimum absolute atomic E-state index is 0.189. The summed E-state index contributed by atoms with van der Waals surface area (Å²) < 4.78 is 0.775. The van der Waals surface area contributed by atoms with Gasteiger partial charge in [-0.2, -0.15) is 0 Å². The van der Waals surface area contributed by atoms with E-state index in [4.69, 9.17) is 0 Å². The van der Waals surface area contributed by atoms with Crippen LogP contribution < -0.4 is 5.32 Å². The van der Waals surface area contributed by atoms with Gasteiger partial charge >= 0.3 is 0 Å². The van der Waals surface area contributed by atoms with Crippen molar-refractivity contribution in [2.24, 2.45) is 0 Å². The smallest absolute Gasteiger partial charge is 0.257 e. The van der Waals surface area contributed by atoms with Gasteiger partial charge in [0.05, 0.1) is 17.4 Å². The van der Waals surface area contributed by atoms with E-state index in [1.165, 1.54) is 0 Å². The zero-order chi connectivity index (χ0) is 13.1. The van der Waals surface area contributed by atoms with Gasteiger partial charge in [0.1, 0.15) is 4.60 Å². The molecule has 1 N–H and O–H groups in total. The molecule has 0 aliphatic heterocycles. The first-order valence-electron chi connectivity index (χ1n) is 5.42. The Morgan fingerprint density at radius 2 is 2.00 bits per heavy atom. The molecule has 0 fully saturated rings. The summed E-state index contributed by atoms with van der Waals surface area (Å²) in [6, 6.07) is 5.41. The zero-order valence-electron chi connectivity index (χ0n) is 10.1.